The quantitative estimate of drug-likeness (QED) is 0.766. The maximum absolute atomic E-state index is 5.61. The first-order valence-electron chi connectivity index (χ1n) is 5.89. The molecule has 0 aliphatic carbocycles. The van der Waals surface area contributed by atoms with Crippen LogP contribution in [0.2, 0.25) is 0 Å². The first kappa shape index (κ1) is 11.6. The molecule has 0 saturated carbocycles. The van der Waals surface area contributed by atoms with Crippen molar-refractivity contribution in [1.29, 1.82) is 0 Å². The molecule has 1 saturated heterocycles. The highest BCUT2D eigenvalue weighted by atomic mass is 16.5. The summed E-state index contributed by atoms with van der Waals surface area (Å²) < 4.78 is 11.2. The van der Waals surface area contributed by atoms with E-state index in [1.54, 1.807) is 0 Å². The molecule has 0 amide bonds. The molecule has 16 heavy (non-hydrogen) atoms. The molecule has 2 rings (SSSR count). The van der Waals surface area contributed by atoms with Crippen molar-refractivity contribution in [3.8, 4) is 0 Å². The maximum Gasteiger partial charge on any atom is 0.0722 e. The predicted octanol–water partition coefficient (Wildman–Crippen LogP) is 1.58. The SMILES string of the molecule is c1ccc(COCCC2CNCCO2)cc1. The van der Waals surface area contributed by atoms with Crippen molar-refractivity contribution >= 4 is 0 Å². The minimum atomic E-state index is 0.324. The number of nitrogens with one attached hydrogen (secondary N) is 1. The fourth-order valence-electron chi connectivity index (χ4n) is 1.78. The summed E-state index contributed by atoms with van der Waals surface area (Å²) in [5.41, 5.74) is 1.23. The van der Waals surface area contributed by atoms with Gasteiger partial charge in [0, 0.05) is 19.7 Å². The van der Waals surface area contributed by atoms with Gasteiger partial charge in [-0.1, -0.05) is 30.3 Å². The Labute approximate surface area is 96.8 Å². The third-order valence-electron chi connectivity index (χ3n) is 2.70. The van der Waals surface area contributed by atoms with Crippen LogP contribution < -0.4 is 5.32 Å². The molecular weight excluding hydrogens is 202 g/mol. The van der Waals surface area contributed by atoms with Gasteiger partial charge < -0.3 is 14.8 Å². The number of rotatable bonds is 5. The first-order chi connectivity index (χ1) is 7.95. The molecule has 88 valence electrons. The van der Waals surface area contributed by atoms with Gasteiger partial charge in [-0.2, -0.15) is 0 Å². The summed E-state index contributed by atoms with van der Waals surface area (Å²) in [6, 6.07) is 10.3. The van der Waals surface area contributed by atoms with Crippen LogP contribution in [0, 0.1) is 0 Å². The van der Waals surface area contributed by atoms with E-state index in [1.807, 2.05) is 18.2 Å². The van der Waals surface area contributed by atoms with Crippen LogP contribution in [0.15, 0.2) is 30.3 Å². The molecule has 1 aromatic carbocycles. The molecule has 1 atom stereocenters. The van der Waals surface area contributed by atoms with Gasteiger partial charge in [-0.3, -0.25) is 0 Å². The molecule has 1 heterocycles. The number of benzene rings is 1. The minimum absolute atomic E-state index is 0.324. The summed E-state index contributed by atoms with van der Waals surface area (Å²) >= 11 is 0. The molecule has 0 bridgehead atoms. The second-order valence-electron chi connectivity index (χ2n) is 4.02. The fraction of sp³-hybridized carbons (Fsp3) is 0.538. The van der Waals surface area contributed by atoms with Gasteiger partial charge in [0.2, 0.25) is 0 Å². The summed E-state index contributed by atoms with van der Waals surface area (Å²) in [5.74, 6) is 0. The Balaban J connectivity index is 1.58. The van der Waals surface area contributed by atoms with Gasteiger partial charge in [-0.15, -0.1) is 0 Å². The molecule has 1 aliphatic rings. The Morgan fingerprint density at radius 2 is 2.19 bits per heavy atom. The molecule has 1 unspecified atom stereocenters. The van der Waals surface area contributed by atoms with Crippen molar-refractivity contribution < 1.29 is 9.47 Å². The van der Waals surface area contributed by atoms with Crippen molar-refractivity contribution in [2.45, 2.75) is 19.1 Å². The third kappa shape index (κ3) is 3.93. The lowest BCUT2D eigenvalue weighted by molar-refractivity contribution is 0.000496. The van der Waals surface area contributed by atoms with Crippen LogP contribution in [0.4, 0.5) is 0 Å². The number of hydrogen-bond acceptors (Lipinski definition) is 3. The Kier molecular flexibility index (Phi) is 4.80. The highest BCUT2D eigenvalue weighted by Gasteiger charge is 2.12. The highest BCUT2D eigenvalue weighted by molar-refractivity contribution is 5.13. The van der Waals surface area contributed by atoms with Gasteiger partial charge in [0.1, 0.15) is 0 Å². The van der Waals surface area contributed by atoms with Gasteiger partial charge in [0.15, 0.2) is 0 Å². The summed E-state index contributed by atoms with van der Waals surface area (Å²) in [5, 5.41) is 3.31. The van der Waals surface area contributed by atoms with E-state index in [4.69, 9.17) is 9.47 Å². The summed E-state index contributed by atoms with van der Waals surface area (Å²) in [6.45, 7) is 4.21. The van der Waals surface area contributed by atoms with Crippen LogP contribution in [0.5, 0.6) is 0 Å². The number of morpholine rings is 1. The van der Waals surface area contributed by atoms with Crippen LogP contribution in [0.3, 0.4) is 0 Å². The lowest BCUT2D eigenvalue weighted by Gasteiger charge is -2.23. The van der Waals surface area contributed by atoms with Gasteiger partial charge in [-0.05, 0) is 12.0 Å². The van der Waals surface area contributed by atoms with E-state index in [2.05, 4.69) is 17.4 Å². The zero-order valence-electron chi connectivity index (χ0n) is 9.52. The Hall–Kier alpha value is -0.900. The first-order valence-corrected chi connectivity index (χ1v) is 5.89. The molecular formula is C13H19NO2. The molecule has 3 nitrogen and oxygen atoms in total. The molecule has 3 heteroatoms. The summed E-state index contributed by atoms with van der Waals surface area (Å²) in [7, 11) is 0. The van der Waals surface area contributed by atoms with Crippen molar-refractivity contribution in [3.63, 3.8) is 0 Å². The van der Waals surface area contributed by atoms with Crippen LogP contribution >= 0.6 is 0 Å². The van der Waals surface area contributed by atoms with Crippen molar-refractivity contribution in [2.24, 2.45) is 0 Å². The van der Waals surface area contributed by atoms with E-state index >= 15 is 0 Å². The topological polar surface area (TPSA) is 30.5 Å². The zero-order chi connectivity index (χ0) is 11.1. The van der Waals surface area contributed by atoms with Crippen molar-refractivity contribution in [2.75, 3.05) is 26.3 Å². The Morgan fingerprint density at radius 1 is 1.31 bits per heavy atom. The fourth-order valence-corrected chi connectivity index (χ4v) is 1.78. The van der Waals surface area contributed by atoms with Gasteiger partial charge in [0.25, 0.3) is 0 Å². The maximum atomic E-state index is 5.61. The average molecular weight is 221 g/mol. The third-order valence-corrected chi connectivity index (χ3v) is 2.70. The average Bonchev–Trinajstić information content (AvgIpc) is 2.37. The summed E-state index contributed by atoms with van der Waals surface area (Å²) in [6.07, 6.45) is 1.30. The van der Waals surface area contributed by atoms with E-state index in [9.17, 15) is 0 Å². The normalized spacial score (nSPS) is 20.9. The van der Waals surface area contributed by atoms with E-state index in [0.717, 1.165) is 32.7 Å². The van der Waals surface area contributed by atoms with Crippen LogP contribution in [-0.4, -0.2) is 32.4 Å². The minimum Gasteiger partial charge on any atom is -0.377 e. The van der Waals surface area contributed by atoms with E-state index in [-0.39, 0.29) is 0 Å². The monoisotopic (exact) mass is 221 g/mol. The molecule has 0 spiro atoms. The van der Waals surface area contributed by atoms with Gasteiger partial charge >= 0.3 is 0 Å². The lowest BCUT2D eigenvalue weighted by atomic mass is 10.2. The summed E-state index contributed by atoms with van der Waals surface area (Å²) in [4.78, 5) is 0. The molecule has 0 aromatic heterocycles. The highest BCUT2D eigenvalue weighted by Crippen LogP contribution is 2.04. The van der Waals surface area contributed by atoms with Gasteiger partial charge in [0.05, 0.1) is 19.3 Å². The molecule has 1 fully saturated rings. The smallest absolute Gasteiger partial charge is 0.0722 e. The Morgan fingerprint density at radius 3 is 2.94 bits per heavy atom. The van der Waals surface area contributed by atoms with Crippen molar-refractivity contribution in [3.05, 3.63) is 35.9 Å². The molecule has 1 aliphatic heterocycles. The lowest BCUT2D eigenvalue weighted by Crippen LogP contribution is -2.39. The standard InChI is InChI=1S/C13H19NO2/c1-2-4-12(5-3-1)11-15-8-6-13-10-14-7-9-16-13/h1-5,13-14H,6-11H2. The molecule has 1 aromatic rings. The largest absolute Gasteiger partial charge is 0.377 e. The predicted molar refractivity (Wildman–Crippen MR) is 63.3 cm³/mol. The Bertz CT molecular complexity index is 283. The number of hydrogen-bond donors (Lipinski definition) is 1. The van der Waals surface area contributed by atoms with E-state index in [0.29, 0.717) is 12.7 Å². The second-order valence-corrected chi connectivity index (χ2v) is 4.02. The van der Waals surface area contributed by atoms with Crippen molar-refractivity contribution in [1.82, 2.24) is 5.32 Å². The van der Waals surface area contributed by atoms with Gasteiger partial charge in [-0.25, -0.2) is 0 Å². The van der Waals surface area contributed by atoms with E-state index < -0.39 is 0 Å². The molecule has 1 N–H and O–H groups in total. The van der Waals surface area contributed by atoms with E-state index in [1.165, 1.54) is 5.56 Å². The number of ether oxygens (including phenoxy) is 2. The van der Waals surface area contributed by atoms with Crippen LogP contribution in [-0.2, 0) is 16.1 Å². The zero-order valence-corrected chi connectivity index (χ0v) is 9.52. The molecule has 0 radical (unpaired) electrons. The van der Waals surface area contributed by atoms with Crippen LogP contribution in [0.25, 0.3) is 0 Å². The second kappa shape index (κ2) is 6.63. The van der Waals surface area contributed by atoms with Crippen LogP contribution in [0.1, 0.15) is 12.0 Å².